The number of aromatic nitrogens is 4. The SMILES string of the molecule is Cc1ccc(-n2ncc3c(=O)n(CCC(=O)Nc4ccc(Br)c(C)c4)c(C)nc32)cc1. The van der Waals surface area contributed by atoms with Crippen molar-refractivity contribution in [1.29, 1.82) is 0 Å². The first-order chi connectivity index (χ1) is 14.8. The standard InChI is InChI=1S/C23H22BrN5O2/c1-14-4-7-18(8-5-14)29-22-19(13-25-29)23(31)28(16(3)26-22)11-10-21(30)27-17-6-9-20(24)15(2)12-17/h4-9,12-13H,10-11H2,1-3H3,(H,27,30). The summed E-state index contributed by atoms with van der Waals surface area (Å²) in [6, 6.07) is 13.5. The number of nitrogens with zero attached hydrogens (tertiary/aromatic N) is 4. The molecule has 7 nitrogen and oxygen atoms in total. The first-order valence-electron chi connectivity index (χ1n) is 9.91. The van der Waals surface area contributed by atoms with Crippen molar-refractivity contribution >= 4 is 38.6 Å². The number of hydrogen-bond donors (Lipinski definition) is 1. The highest BCUT2D eigenvalue weighted by molar-refractivity contribution is 9.10. The zero-order valence-corrected chi connectivity index (χ0v) is 19.1. The highest BCUT2D eigenvalue weighted by Gasteiger charge is 2.15. The van der Waals surface area contributed by atoms with Gasteiger partial charge in [-0.1, -0.05) is 33.6 Å². The van der Waals surface area contributed by atoms with E-state index < -0.39 is 0 Å². The molecule has 0 aliphatic heterocycles. The van der Waals surface area contributed by atoms with Crippen LogP contribution in [0.3, 0.4) is 0 Å². The average molecular weight is 480 g/mol. The van der Waals surface area contributed by atoms with E-state index in [0.717, 1.165) is 27.0 Å². The fraction of sp³-hybridized carbons (Fsp3) is 0.217. The van der Waals surface area contributed by atoms with Crippen LogP contribution in [0.25, 0.3) is 16.7 Å². The van der Waals surface area contributed by atoms with E-state index in [4.69, 9.17) is 0 Å². The predicted octanol–water partition coefficient (Wildman–Crippen LogP) is 4.30. The summed E-state index contributed by atoms with van der Waals surface area (Å²) in [6.45, 7) is 5.98. The van der Waals surface area contributed by atoms with Crippen molar-refractivity contribution in [2.45, 2.75) is 33.7 Å². The number of hydrogen-bond acceptors (Lipinski definition) is 4. The molecule has 0 radical (unpaired) electrons. The highest BCUT2D eigenvalue weighted by Crippen LogP contribution is 2.20. The average Bonchev–Trinajstić information content (AvgIpc) is 3.15. The topological polar surface area (TPSA) is 81.8 Å². The quantitative estimate of drug-likeness (QED) is 0.462. The smallest absolute Gasteiger partial charge is 0.264 e. The van der Waals surface area contributed by atoms with Gasteiger partial charge in [0.05, 0.1) is 11.9 Å². The molecule has 0 saturated heterocycles. The normalized spacial score (nSPS) is 11.1. The number of carbonyl (C=O) groups is 1. The summed E-state index contributed by atoms with van der Waals surface area (Å²) in [5, 5.41) is 7.66. The van der Waals surface area contributed by atoms with Crippen LogP contribution in [0, 0.1) is 20.8 Å². The van der Waals surface area contributed by atoms with Gasteiger partial charge >= 0.3 is 0 Å². The van der Waals surface area contributed by atoms with Crippen LogP contribution in [-0.4, -0.2) is 25.2 Å². The maximum absolute atomic E-state index is 13.0. The molecule has 2 aromatic carbocycles. The van der Waals surface area contributed by atoms with Gasteiger partial charge in [-0.25, -0.2) is 9.67 Å². The lowest BCUT2D eigenvalue weighted by atomic mass is 10.2. The molecule has 0 aliphatic carbocycles. The Morgan fingerprint density at radius 1 is 1.10 bits per heavy atom. The van der Waals surface area contributed by atoms with Gasteiger partial charge in [0.1, 0.15) is 11.2 Å². The van der Waals surface area contributed by atoms with Crippen LogP contribution >= 0.6 is 15.9 Å². The Morgan fingerprint density at radius 2 is 1.84 bits per heavy atom. The molecule has 4 aromatic rings. The van der Waals surface area contributed by atoms with E-state index in [1.807, 2.05) is 56.3 Å². The molecule has 0 spiro atoms. The molecule has 4 rings (SSSR count). The minimum Gasteiger partial charge on any atom is -0.326 e. The predicted molar refractivity (Wildman–Crippen MR) is 125 cm³/mol. The van der Waals surface area contributed by atoms with Crippen LogP contribution in [0.4, 0.5) is 5.69 Å². The molecule has 1 amide bonds. The van der Waals surface area contributed by atoms with E-state index in [1.165, 1.54) is 10.8 Å². The van der Waals surface area contributed by atoms with Gasteiger partial charge < -0.3 is 5.32 Å². The van der Waals surface area contributed by atoms with Crippen molar-refractivity contribution < 1.29 is 4.79 Å². The van der Waals surface area contributed by atoms with Gasteiger partial charge in [-0.15, -0.1) is 0 Å². The number of carbonyl (C=O) groups excluding carboxylic acids is 1. The van der Waals surface area contributed by atoms with Crippen LogP contribution in [0.5, 0.6) is 0 Å². The molecule has 0 fully saturated rings. The maximum atomic E-state index is 13.0. The Hall–Kier alpha value is -3.26. The first kappa shape index (κ1) is 21.0. The molecule has 2 aromatic heterocycles. The number of rotatable bonds is 5. The number of nitrogens with one attached hydrogen (secondary N) is 1. The van der Waals surface area contributed by atoms with Gasteiger partial charge in [0, 0.05) is 23.1 Å². The van der Waals surface area contributed by atoms with Gasteiger partial charge in [0.2, 0.25) is 5.91 Å². The van der Waals surface area contributed by atoms with Crippen molar-refractivity contribution in [2.24, 2.45) is 0 Å². The lowest BCUT2D eigenvalue weighted by Crippen LogP contribution is -2.26. The van der Waals surface area contributed by atoms with Crippen LogP contribution in [0.2, 0.25) is 0 Å². The number of aryl methyl sites for hydroxylation is 3. The molecular weight excluding hydrogens is 458 g/mol. The molecule has 31 heavy (non-hydrogen) atoms. The fourth-order valence-electron chi connectivity index (χ4n) is 3.40. The summed E-state index contributed by atoms with van der Waals surface area (Å²) in [4.78, 5) is 30.0. The second-order valence-corrected chi connectivity index (χ2v) is 8.36. The van der Waals surface area contributed by atoms with Gasteiger partial charge in [-0.2, -0.15) is 5.10 Å². The molecule has 0 atom stereocenters. The van der Waals surface area contributed by atoms with E-state index in [2.05, 4.69) is 31.3 Å². The Morgan fingerprint density at radius 3 is 2.55 bits per heavy atom. The van der Waals surface area contributed by atoms with Crippen molar-refractivity contribution in [3.05, 3.63) is 80.4 Å². The molecule has 0 saturated carbocycles. The van der Waals surface area contributed by atoms with Crippen molar-refractivity contribution in [3.63, 3.8) is 0 Å². The molecule has 158 valence electrons. The Bertz CT molecular complexity index is 1340. The highest BCUT2D eigenvalue weighted by atomic mass is 79.9. The Kier molecular flexibility index (Phi) is 5.73. The number of fused-ring (bicyclic) bond motifs is 1. The maximum Gasteiger partial charge on any atom is 0.264 e. The third-order valence-corrected chi connectivity index (χ3v) is 6.05. The summed E-state index contributed by atoms with van der Waals surface area (Å²) in [7, 11) is 0. The molecule has 0 aliphatic rings. The van der Waals surface area contributed by atoms with E-state index in [1.54, 1.807) is 11.6 Å². The first-order valence-corrected chi connectivity index (χ1v) is 10.7. The van der Waals surface area contributed by atoms with E-state index in [0.29, 0.717) is 16.9 Å². The monoisotopic (exact) mass is 479 g/mol. The van der Waals surface area contributed by atoms with Crippen molar-refractivity contribution in [3.8, 4) is 5.69 Å². The van der Waals surface area contributed by atoms with Crippen LogP contribution in [0.15, 0.2) is 57.9 Å². The van der Waals surface area contributed by atoms with Gasteiger partial charge in [0.15, 0.2) is 5.65 Å². The van der Waals surface area contributed by atoms with Crippen LogP contribution in [0.1, 0.15) is 23.4 Å². The van der Waals surface area contributed by atoms with E-state index in [-0.39, 0.29) is 24.4 Å². The van der Waals surface area contributed by atoms with Crippen molar-refractivity contribution in [1.82, 2.24) is 19.3 Å². The van der Waals surface area contributed by atoms with Crippen LogP contribution < -0.4 is 10.9 Å². The van der Waals surface area contributed by atoms with Gasteiger partial charge in [0.25, 0.3) is 5.56 Å². The largest absolute Gasteiger partial charge is 0.326 e. The second kappa shape index (κ2) is 8.47. The zero-order chi connectivity index (χ0) is 22.1. The lowest BCUT2D eigenvalue weighted by molar-refractivity contribution is -0.116. The molecule has 0 bridgehead atoms. The zero-order valence-electron chi connectivity index (χ0n) is 17.5. The van der Waals surface area contributed by atoms with Crippen molar-refractivity contribution in [2.75, 3.05) is 5.32 Å². The molecule has 0 unspecified atom stereocenters. The molecule has 8 heteroatoms. The number of benzene rings is 2. The molecular formula is C23H22BrN5O2. The fourth-order valence-corrected chi connectivity index (χ4v) is 3.65. The molecule has 1 N–H and O–H groups in total. The number of amides is 1. The van der Waals surface area contributed by atoms with Crippen LogP contribution in [-0.2, 0) is 11.3 Å². The lowest BCUT2D eigenvalue weighted by Gasteiger charge is -2.11. The second-order valence-electron chi connectivity index (χ2n) is 7.51. The Labute approximate surface area is 187 Å². The Balaban J connectivity index is 1.55. The van der Waals surface area contributed by atoms with Gasteiger partial charge in [-0.05, 0) is 56.7 Å². The number of halogens is 1. The third kappa shape index (κ3) is 4.29. The minimum absolute atomic E-state index is 0.162. The summed E-state index contributed by atoms with van der Waals surface area (Å²) in [5.41, 5.74) is 4.05. The molecule has 2 heterocycles. The summed E-state index contributed by atoms with van der Waals surface area (Å²) in [6.07, 6.45) is 1.69. The van der Waals surface area contributed by atoms with E-state index in [9.17, 15) is 9.59 Å². The third-order valence-electron chi connectivity index (χ3n) is 5.16. The van der Waals surface area contributed by atoms with E-state index >= 15 is 0 Å². The number of anilines is 1. The summed E-state index contributed by atoms with van der Waals surface area (Å²) in [5.74, 6) is 0.377. The summed E-state index contributed by atoms with van der Waals surface area (Å²) >= 11 is 3.45. The van der Waals surface area contributed by atoms with Gasteiger partial charge in [-0.3, -0.25) is 14.2 Å². The summed E-state index contributed by atoms with van der Waals surface area (Å²) < 4.78 is 4.17. The minimum atomic E-state index is -0.201.